The van der Waals surface area contributed by atoms with Crippen molar-refractivity contribution in [1.82, 2.24) is 0 Å². The van der Waals surface area contributed by atoms with Crippen LogP contribution in [0.15, 0.2) is 0 Å². The zero-order valence-electron chi connectivity index (χ0n) is 6.18. The minimum absolute atomic E-state index is 0.723. The van der Waals surface area contributed by atoms with Crippen molar-refractivity contribution in [2.24, 2.45) is 0 Å². The second-order valence-corrected chi connectivity index (χ2v) is 3.40. The van der Waals surface area contributed by atoms with E-state index < -0.39 is 16.4 Å². The normalized spacial score (nSPS) is 14.8. The quantitative estimate of drug-likeness (QED) is 0.612. The molecule has 0 bridgehead atoms. The van der Waals surface area contributed by atoms with E-state index >= 15 is 0 Å². The molecule has 0 aliphatic carbocycles. The van der Waals surface area contributed by atoms with Crippen molar-refractivity contribution in [3.63, 3.8) is 0 Å². The average Bonchev–Trinajstić information content (AvgIpc) is 1.86. The summed E-state index contributed by atoms with van der Waals surface area (Å²) in [7, 11) is 1.46. The standard InChI is InChI=1S/C6H11BrO3/c1-6(2,10-3)4(7)5(8)9/h4H,1-3H3,(H,8,9)/p-1/t4-/m1/s1. The highest BCUT2D eigenvalue weighted by atomic mass is 79.9. The van der Waals surface area contributed by atoms with Gasteiger partial charge >= 0.3 is 0 Å². The monoisotopic (exact) mass is 209 g/mol. The van der Waals surface area contributed by atoms with Crippen LogP contribution < -0.4 is 5.11 Å². The fraction of sp³-hybridized carbons (Fsp3) is 0.833. The fourth-order valence-corrected chi connectivity index (χ4v) is 0.574. The summed E-state index contributed by atoms with van der Waals surface area (Å²) in [5.41, 5.74) is -0.723. The first-order valence-corrected chi connectivity index (χ1v) is 3.73. The molecule has 0 N–H and O–H groups in total. The average molecular weight is 210 g/mol. The summed E-state index contributed by atoms with van der Waals surface area (Å²) in [5, 5.41) is 10.3. The number of carbonyl (C=O) groups is 1. The Balaban J connectivity index is 4.17. The second kappa shape index (κ2) is 3.34. The van der Waals surface area contributed by atoms with Gasteiger partial charge in [0.15, 0.2) is 0 Å². The van der Waals surface area contributed by atoms with E-state index in [-0.39, 0.29) is 0 Å². The largest absolute Gasteiger partial charge is 0.549 e. The Morgan fingerprint density at radius 3 is 2.20 bits per heavy atom. The SMILES string of the molecule is COC(C)(C)[C@H](Br)C(=O)[O-]. The number of rotatable bonds is 3. The van der Waals surface area contributed by atoms with E-state index in [0.29, 0.717) is 0 Å². The Hall–Kier alpha value is -0.0900. The molecule has 0 aromatic rings. The highest BCUT2D eigenvalue weighted by molar-refractivity contribution is 9.10. The summed E-state index contributed by atoms with van der Waals surface area (Å²) in [6, 6.07) is 0. The van der Waals surface area contributed by atoms with Crippen LogP contribution in [0.4, 0.5) is 0 Å². The molecule has 3 nitrogen and oxygen atoms in total. The van der Waals surface area contributed by atoms with Crippen LogP contribution in [0.5, 0.6) is 0 Å². The molecule has 0 heterocycles. The third-order valence-electron chi connectivity index (χ3n) is 1.34. The van der Waals surface area contributed by atoms with Gasteiger partial charge in [0.1, 0.15) is 0 Å². The molecule has 0 fully saturated rings. The van der Waals surface area contributed by atoms with Crippen molar-refractivity contribution in [2.75, 3.05) is 7.11 Å². The van der Waals surface area contributed by atoms with Crippen molar-refractivity contribution in [1.29, 1.82) is 0 Å². The number of hydrogen-bond donors (Lipinski definition) is 0. The van der Waals surface area contributed by atoms with Crippen molar-refractivity contribution in [3.05, 3.63) is 0 Å². The Kier molecular flexibility index (Phi) is 3.31. The Morgan fingerprint density at radius 2 is 2.10 bits per heavy atom. The molecule has 0 radical (unpaired) electrons. The number of halogens is 1. The molecule has 10 heavy (non-hydrogen) atoms. The van der Waals surface area contributed by atoms with Crippen LogP contribution >= 0.6 is 15.9 Å². The van der Waals surface area contributed by atoms with E-state index in [2.05, 4.69) is 15.9 Å². The minimum Gasteiger partial charge on any atom is -0.549 e. The molecule has 0 aromatic carbocycles. The lowest BCUT2D eigenvalue weighted by atomic mass is 10.1. The second-order valence-electron chi connectivity index (χ2n) is 2.49. The molecule has 0 aliphatic heterocycles. The summed E-state index contributed by atoms with van der Waals surface area (Å²) >= 11 is 2.94. The van der Waals surface area contributed by atoms with E-state index in [0.717, 1.165) is 0 Å². The van der Waals surface area contributed by atoms with E-state index in [4.69, 9.17) is 4.74 Å². The maximum atomic E-state index is 10.3. The number of hydrogen-bond acceptors (Lipinski definition) is 3. The fourth-order valence-electron chi connectivity index (χ4n) is 0.387. The number of carboxylic acids is 1. The lowest BCUT2D eigenvalue weighted by Crippen LogP contribution is -2.46. The molecule has 4 heteroatoms. The first-order chi connectivity index (χ1) is 4.41. The molecule has 0 rings (SSSR count). The summed E-state index contributed by atoms with van der Waals surface area (Å²) < 4.78 is 4.89. The lowest BCUT2D eigenvalue weighted by molar-refractivity contribution is -0.307. The van der Waals surface area contributed by atoms with Crippen LogP contribution in [0.3, 0.4) is 0 Å². The molecular formula is C6H10BrO3-. The van der Waals surface area contributed by atoms with Crippen LogP contribution in [-0.2, 0) is 9.53 Å². The van der Waals surface area contributed by atoms with E-state index in [1.807, 2.05) is 0 Å². The van der Waals surface area contributed by atoms with Crippen LogP contribution in [0.1, 0.15) is 13.8 Å². The van der Waals surface area contributed by atoms with Gasteiger partial charge in [-0.1, -0.05) is 15.9 Å². The molecule has 0 unspecified atom stereocenters. The van der Waals surface area contributed by atoms with Gasteiger partial charge in [0.2, 0.25) is 0 Å². The topological polar surface area (TPSA) is 49.4 Å². The maximum absolute atomic E-state index is 10.3. The summed E-state index contributed by atoms with van der Waals surface area (Å²) in [6.07, 6.45) is 0. The van der Waals surface area contributed by atoms with Gasteiger partial charge in [0.25, 0.3) is 0 Å². The van der Waals surface area contributed by atoms with Crippen molar-refractivity contribution >= 4 is 21.9 Å². The molecule has 0 saturated heterocycles. The zero-order chi connectivity index (χ0) is 8.36. The lowest BCUT2D eigenvalue weighted by Gasteiger charge is -2.29. The Labute approximate surface area is 68.5 Å². The number of aliphatic carboxylic acids is 1. The van der Waals surface area contributed by atoms with Crippen LogP contribution in [0.25, 0.3) is 0 Å². The van der Waals surface area contributed by atoms with E-state index in [1.165, 1.54) is 7.11 Å². The first kappa shape index (κ1) is 9.91. The Bertz CT molecular complexity index is 133. The highest BCUT2D eigenvalue weighted by Crippen LogP contribution is 2.19. The number of methoxy groups -OCH3 is 1. The van der Waals surface area contributed by atoms with Gasteiger partial charge in [-0.05, 0) is 13.8 Å². The van der Waals surface area contributed by atoms with Crippen LogP contribution in [0, 0.1) is 0 Å². The molecule has 0 aliphatic rings. The molecule has 0 amide bonds. The van der Waals surface area contributed by atoms with Gasteiger partial charge in [0.05, 0.1) is 16.4 Å². The van der Waals surface area contributed by atoms with Crippen LogP contribution in [0.2, 0.25) is 0 Å². The summed E-state index contributed by atoms with van der Waals surface area (Å²) in [4.78, 5) is 9.49. The third kappa shape index (κ3) is 2.27. The number of alkyl halides is 1. The van der Waals surface area contributed by atoms with Gasteiger partial charge in [-0.3, -0.25) is 0 Å². The summed E-state index contributed by atoms with van der Waals surface area (Å²) in [6.45, 7) is 3.34. The highest BCUT2D eigenvalue weighted by Gasteiger charge is 2.27. The van der Waals surface area contributed by atoms with Gasteiger partial charge < -0.3 is 14.6 Å². The summed E-state index contributed by atoms with van der Waals surface area (Å²) in [5.74, 6) is -1.16. The smallest absolute Gasteiger partial charge is 0.0825 e. The third-order valence-corrected chi connectivity index (χ3v) is 2.82. The molecule has 0 aromatic heterocycles. The van der Waals surface area contributed by atoms with Crippen molar-refractivity contribution < 1.29 is 14.6 Å². The number of carboxylic acid groups (broad SMARTS) is 1. The predicted molar refractivity (Wildman–Crippen MR) is 38.8 cm³/mol. The molecule has 0 saturated carbocycles. The van der Waals surface area contributed by atoms with Crippen molar-refractivity contribution in [2.45, 2.75) is 24.3 Å². The van der Waals surface area contributed by atoms with E-state index in [1.54, 1.807) is 13.8 Å². The minimum atomic E-state index is -1.16. The number of carbonyl (C=O) groups excluding carboxylic acids is 1. The first-order valence-electron chi connectivity index (χ1n) is 2.82. The van der Waals surface area contributed by atoms with Crippen LogP contribution in [-0.4, -0.2) is 23.5 Å². The van der Waals surface area contributed by atoms with Crippen molar-refractivity contribution in [3.8, 4) is 0 Å². The molecular weight excluding hydrogens is 200 g/mol. The van der Waals surface area contributed by atoms with Gasteiger partial charge in [-0.2, -0.15) is 0 Å². The Morgan fingerprint density at radius 1 is 1.70 bits per heavy atom. The molecule has 0 spiro atoms. The predicted octanol–water partition coefficient (Wildman–Crippen LogP) is -0.0752. The van der Waals surface area contributed by atoms with Gasteiger partial charge in [-0.15, -0.1) is 0 Å². The van der Waals surface area contributed by atoms with Gasteiger partial charge in [0, 0.05) is 7.11 Å². The molecule has 1 atom stereocenters. The maximum Gasteiger partial charge on any atom is 0.0825 e. The molecule has 60 valence electrons. The van der Waals surface area contributed by atoms with Gasteiger partial charge in [-0.25, -0.2) is 0 Å². The van der Waals surface area contributed by atoms with E-state index in [9.17, 15) is 9.90 Å². The zero-order valence-corrected chi connectivity index (χ0v) is 7.77. The number of ether oxygens (including phenoxy) is 1.